The maximum Gasteiger partial charge on any atom is 0.178 e. The molecule has 3 aromatic heterocycles. The van der Waals surface area contributed by atoms with E-state index in [1.54, 1.807) is 6.20 Å². The van der Waals surface area contributed by atoms with Crippen molar-refractivity contribution in [2.45, 2.75) is 13.5 Å². The molecule has 0 amide bonds. The van der Waals surface area contributed by atoms with Crippen molar-refractivity contribution in [2.24, 2.45) is 0 Å². The lowest BCUT2D eigenvalue weighted by Gasteiger charge is -2.04. The number of aliphatic hydroxyl groups is 1. The maximum absolute atomic E-state index is 9.17. The van der Waals surface area contributed by atoms with Crippen LogP contribution < -0.4 is 0 Å². The molecule has 1 N–H and O–H groups in total. The molecule has 0 atom stereocenters. The Kier molecular flexibility index (Phi) is 2.60. The van der Waals surface area contributed by atoms with Gasteiger partial charge in [0.05, 0.1) is 6.61 Å². The van der Waals surface area contributed by atoms with E-state index in [1.165, 1.54) is 0 Å². The molecule has 3 aromatic rings. The molecular formula is C13H13N3O2. The topological polar surface area (TPSA) is 64.1 Å². The van der Waals surface area contributed by atoms with Gasteiger partial charge in [-0.15, -0.1) is 0 Å². The van der Waals surface area contributed by atoms with E-state index in [0.717, 1.165) is 16.9 Å². The Hall–Kier alpha value is -2.14. The largest absolute Gasteiger partial charge is 0.458 e. The number of hydrogen-bond acceptors (Lipinski definition) is 4. The maximum atomic E-state index is 9.17. The average molecular weight is 243 g/mol. The first-order valence-corrected chi connectivity index (χ1v) is 5.78. The Bertz CT molecular complexity index is 684. The van der Waals surface area contributed by atoms with Crippen molar-refractivity contribution in [3.63, 3.8) is 0 Å². The van der Waals surface area contributed by atoms with Gasteiger partial charge in [0, 0.05) is 12.7 Å². The van der Waals surface area contributed by atoms with Crippen LogP contribution in [-0.4, -0.2) is 26.2 Å². The fourth-order valence-corrected chi connectivity index (χ4v) is 2.01. The summed E-state index contributed by atoms with van der Waals surface area (Å²) >= 11 is 0. The van der Waals surface area contributed by atoms with E-state index >= 15 is 0 Å². The quantitative estimate of drug-likeness (QED) is 0.764. The van der Waals surface area contributed by atoms with E-state index in [9.17, 15) is 0 Å². The molecule has 3 rings (SSSR count). The van der Waals surface area contributed by atoms with Crippen molar-refractivity contribution in [3.8, 4) is 11.6 Å². The number of rotatable bonds is 3. The smallest absolute Gasteiger partial charge is 0.178 e. The molecule has 0 bridgehead atoms. The predicted molar refractivity (Wildman–Crippen MR) is 67.1 cm³/mol. The zero-order chi connectivity index (χ0) is 12.5. The molecule has 0 saturated carbocycles. The van der Waals surface area contributed by atoms with Gasteiger partial charge in [0.2, 0.25) is 0 Å². The molecule has 0 unspecified atom stereocenters. The number of aryl methyl sites for hydroxylation is 1. The Morgan fingerprint density at radius 3 is 2.94 bits per heavy atom. The highest BCUT2D eigenvalue weighted by Crippen LogP contribution is 2.24. The summed E-state index contributed by atoms with van der Waals surface area (Å²) in [4.78, 5) is 8.81. The summed E-state index contributed by atoms with van der Waals surface area (Å²) in [7, 11) is 0. The van der Waals surface area contributed by atoms with Gasteiger partial charge in [-0.05, 0) is 31.2 Å². The number of furan rings is 1. The number of aromatic nitrogens is 3. The zero-order valence-corrected chi connectivity index (χ0v) is 10.00. The number of pyridine rings is 1. The second kappa shape index (κ2) is 4.27. The van der Waals surface area contributed by atoms with Crippen LogP contribution in [0.1, 0.15) is 5.76 Å². The van der Waals surface area contributed by atoms with Crippen LogP contribution in [-0.2, 0) is 6.54 Å². The second-order valence-electron chi connectivity index (χ2n) is 4.07. The lowest BCUT2D eigenvalue weighted by atomic mass is 10.4. The van der Waals surface area contributed by atoms with Crippen LogP contribution in [0.3, 0.4) is 0 Å². The van der Waals surface area contributed by atoms with Gasteiger partial charge >= 0.3 is 0 Å². The zero-order valence-electron chi connectivity index (χ0n) is 10.00. The van der Waals surface area contributed by atoms with E-state index in [2.05, 4.69) is 9.97 Å². The predicted octanol–water partition coefficient (Wildman–Crippen LogP) is 1.99. The van der Waals surface area contributed by atoms with E-state index in [-0.39, 0.29) is 6.61 Å². The van der Waals surface area contributed by atoms with Crippen LogP contribution in [0, 0.1) is 6.92 Å². The Morgan fingerprint density at radius 2 is 2.22 bits per heavy atom. The molecule has 5 nitrogen and oxygen atoms in total. The minimum Gasteiger partial charge on any atom is -0.458 e. The lowest BCUT2D eigenvalue weighted by Crippen LogP contribution is -2.04. The average Bonchev–Trinajstić information content (AvgIpc) is 2.95. The van der Waals surface area contributed by atoms with E-state index in [1.807, 2.05) is 35.8 Å². The van der Waals surface area contributed by atoms with Crippen LogP contribution in [0.15, 0.2) is 34.9 Å². The molecule has 18 heavy (non-hydrogen) atoms. The van der Waals surface area contributed by atoms with Gasteiger partial charge in [-0.3, -0.25) is 0 Å². The van der Waals surface area contributed by atoms with Gasteiger partial charge in [0.1, 0.15) is 11.3 Å². The van der Waals surface area contributed by atoms with Gasteiger partial charge in [-0.1, -0.05) is 0 Å². The van der Waals surface area contributed by atoms with Crippen molar-refractivity contribution in [2.75, 3.05) is 6.61 Å². The summed E-state index contributed by atoms with van der Waals surface area (Å²) < 4.78 is 7.46. The minimum absolute atomic E-state index is 0.0364. The summed E-state index contributed by atoms with van der Waals surface area (Å²) in [6.45, 7) is 2.37. The Morgan fingerprint density at radius 1 is 1.33 bits per heavy atom. The SMILES string of the molecule is Cc1ccc(-c2nc3cccnc3n2CCO)o1. The van der Waals surface area contributed by atoms with E-state index in [4.69, 9.17) is 9.52 Å². The van der Waals surface area contributed by atoms with Crippen molar-refractivity contribution in [3.05, 3.63) is 36.2 Å². The first-order valence-electron chi connectivity index (χ1n) is 5.78. The van der Waals surface area contributed by atoms with Crippen LogP contribution in [0.25, 0.3) is 22.7 Å². The van der Waals surface area contributed by atoms with Crippen LogP contribution in [0.2, 0.25) is 0 Å². The molecule has 0 aromatic carbocycles. The standard InChI is InChI=1S/C13H13N3O2/c1-9-4-5-11(18-9)13-15-10-3-2-6-14-12(10)16(13)7-8-17/h2-6,17H,7-8H2,1H3. The van der Waals surface area contributed by atoms with E-state index < -0.39 is 0 Å². The summed E-state index contributed by atoms with van der Waals surface area (Å²) in [5.41, 5.74) is 1.56. The van der Waals surface area contributed by atoms with Gasteiger partial charge in [0.15, 0.2) is 17.2 Å². The van der Waals surface area contributed by atoms with Gasteiger partial charge in [-0.25, -0.2) is 9.97 Å². The third-order valence-electron chi connectivity index (χ3n) is 2.79. The lowest BCUT2D eigenvalue weighted by molar-refractivity contribution is 0.278. The van der Waals surface area contributed by atoms with Crippen molar-refractivity contribution >= 4 is 11.2 Å². The normalized spacial score (nSPS) is 11.2. The van der Waals surface area contributed by atoms with Crippen LogP contribution >= 0.6 is 0 Å². The molecule has 0 aliphatic rings. The van der Waals surface area contributed by atoms with Crippen molar-refractivity contribution < 1.29 is 9.52 Å². The van der Waals surface area contributed by atoms with E-state index in [0.29, 0.717) is 18.1 Å². The fourth-order valence-electron chi connectivity index (χ4n) is 2.01. The minimum atomic E-state index is 0.0364. The number of nitrogens with zero attached hydrogens (tertiary/aromatic N) is 3. The number of imidazole rings is 1. The van der Waals surface area contributed by atoms with Crippen LogP contribution in [0.5, 0.6) is 0 Å². The fraction of sp³-hybridized carbons (Fsp3) is 0.231. The Balaban J connectivity index is 2.24. The monoisotopic (exact) mass is 243 g/mol. The van der Waals surface area contributed by atoms with Crippen molar-refractivity contribution in [1.29, 1.82) is 0 Å². The molecule has 5 heteroatoms. The molecular weight excluding hydrogens is 230 g/mol. The number of fused-ring (bicyclic) bond motifs is 1. The van der Waals surface area contributed by atoms with Crippen LogP contribution in [0.4, 0.5) is 0 Å². The molecule has 0 aliphatic heterocycles. The highest BCUT2D eigenvalue weighted by Gasteiger charge is 2.15. The molecule has 0 saturated heterocycles. The second-order valence-corrected chi connectivity index (χ2v) is 4.07. The molecule has 92 valence electrons. The highest BCUT2D eigenvalue weighted by molar-refractivity contribution is 5.75. The molecule has 0 fully saturated rings. The highest BCUT2D eigenvalue weighted by atomic mass is 16.3. The van der Waals surface area contributed by atoms with Gasteiger partial charge in [-0.2, -0.15) is 0 Å². The third kappa shape index (κ3) is 1.69. The molecule has 0 aliphatic carbocycles. The first kappa shape index (κ1) is 11.0. The summed E-state index contributed by atoms with van der Waals surface area (Å²) in [6.07, 6.45) is 1.72. The summed E-state index contributed by atoms with van der Waals surface area (Å²) in [6, 6.07) is 7.51. The van der Waals surface area contributed by atoms with Gasteiger partial charge < -0.3 is 14.1 Å². The Labute approximate surface area is 104 Å². The summed E-state index contributed by atoms with van der Waals surface area (Å²) in [5.74, 6) is 2.23. The van der Waals surface area contributed by atoms with Crippen molar-refractivity contribution in [1.82, 2.24) is 14.5 Å². The number of aliphatic hydroxyl groups excluding tert-OH is 1. The first-order chi connectivity index (χ1) is 8.79. The van der Waals surface area contributed by atoms with Gasteiger partial charge in [0.25, 0.3) is 0 Å². The number of hydrogen-bond donors (Lipinski definition) is 1. The molecule has 0 spiro atoms. The molecule has 0 radical (unpaired) electrons. The third-order valence-corrected chi connectivity index (χ3v) is 2.79. The molecule has 3 heterocycles. The summed E-state index contributed by atoms with van der Waals surface area (Å²) in [5, 5.41) is 9.17.